The van der Waals surface area contributed by atoms with Gasteiger partial charge in [0, 0.05) is 17.9 Å². The Morgan fingerprint density at radius 2 is 1.68 bits per heavy atom. The lowest BCUT2D eigenvalue weighted by molar-refractivity contribution is 0.320. The van der Waals surface area contributed by atoms with E-state index in [-0.39, 0.29) is 5.46 Å². The number of halogens is 1. The first-order valence-corrected chi connectivity index (χ1v) is 7.10. The van der Waals surface area contributed by atoms with Gasteiger partial charge in [0.05, 0.1) is 13.2 Å². The van der Waals surface area contributed by atoms with Crippen molar-refractivity contribution in [1.82, 2.24) is 0 Å². The molecule has 2 aromatic rings. The second-order valence-corrected chi connectivity index (χ2v) is 4.73. The maximum absolute atomic E-state index is 13.6. The molecule has 0 saturated carbocycles. The molecule has 22 heavy (non-hydrogen) atoms. The van der Waals surface area contributed by atoms with Crippen LogP contribution in [-0.4, -0.2) is 30.4 Å². The summed E-state index contributed by atoms with van der Waals surface area (Å²) in [5.74, 6) is 0.480. The Hall–Kier alpha value is -2.05. The van der Waals surface area contributed by atoms with Crippen molar-refractivity contribution in [3.8, 4) is 11.5 Å². The van der Waals surface area contributed by atoms with Crippen molar-refractivity contribution >= 4 is 12.6 Å². The zero-order valence-corrected chi connectivity index (χ0v) is 12.3. The Bertz CT molecular complexity index is 602. The van der Waals surface area contributed by atoms with Crippen LogP contribution in [0.2, 0.25) is 0 Å². The van der Waals surface area contributed by atoms with Crippen molar-refractivity contribution in [3.63, 3.8) is 0 Å². The molecule has 0 spiro atoms. The molecule has 6 heteroatoms. The predicted octanol–water partition coefficient (Wildman–Crippen LogP) is 1.53. The highest BCUT2D eigenvalue weighted by atomic mass is 19.1. The number of ether oxygens (including phenoxy) is 2. The van der Waals surface area contributed by atoms with Crippen LogP contribution < -0.4 is 14.9 Å². The molecule has 0 radical (unpaired) electrons. The van der Waals surface area contributed by atoms with Gasteiger partial charge in [-0.25, -0.2) is 4.39 Å². The highest BCUT2D eigenvalue weighted by Crippen LogP contribution is 2.14. The van der Waals surface area contributed by atoms with Crippen molar-refractivity contribution in [2.24, 2.45) is 0 Å². The zero-order chi connectivity index (χ0) is 15.9. The lowest BCUT2D eigenvalue weighted by Gasteiger charge is -2.09. The van der Waals surface area contributed by atoms with E-state index in [4.69, 9.17) is 19.5 Å². The Kier molecular flexibility index (Phi) is 5.80. The van der Waals surface area contributed by atoms with Crippen LogP contribution in [0.1, 0.15) is 12.5 Å². The van der Waals surface area contributed by atoms with Crippen LogP contribution in [-0.2, 0) is 6.42 Å². The summed E-state index contributed by atoms with van der Waals surface area (Å²) < 4.78 is 24.4. The number of hydrogen-bond donors (Lipinski definition) is 2. The first kappa shape index (κ1) is 16.3. The Labute approximate surface area is 129 Å². The van der Waals surface area contributed by atoms with E-state index in [1.54, 1.807) is 0 Å². The molecule has 0 atom stereocenters. The molecular formula is C16H18BFO4. The summed E-state index contributed by atoms with van der Waals surface area (Å²) in [6.07, 6.45) is 0.679. The fourth-order valence-electron chi connectivity index (χ4n) is 2.01. The van der Waals surface area contributed by atoms with Gasteiger partial charge < -0.3 is 19.5 Å². The van der Waals surface area contributed by atoms with E-state index in [2.05, 4.69) is 0 Å². The zero-order valence-electron chi connectivity index (χ0n) is 12.3. The van der Waals surface area contributed by atoms with Crippen molar-refractivity contribution in [1.29, 1.82) is 0 Å². The van der Waals surface area contributed by atoms with Gasteiger partial charge in [0.25, 0.3) is 0 Å². The third-order valence-electron chi connectivity index (χ3n) is 3.14. The third-order valence-corrected chi connectivity index (χ3v) is 3.14. The quantitative estimate of drug-likeness (QED) is 0.762. The summed E-state index contributed by atoms with van der Waals surface area (Å²) in [6, 6.07) is 11.7. The van der Waals surface area contributed by atoms with Gasteiger partial charge in [-0.05, 0) is 30.7 Å². The van der Waals surface area contributed by atoms with Gasteiger partial charge >= 0.3 is 7.12 Å². The van der Waals surface area contributed by atoms with Crippen LogP contribution in [0.15, 0.2) is 42.5 Å². The van der Waals surface area contributed by atoms with Gasteiger partial charge in [-0.2, -0.15) is 0 Å². The van der Waals surface area contributed by atoms with E-state index in [0.717, 1.165) is 17.4 Å². The number of benzene rings is 2. The van der Waals surface area contributed by atoms with E-state index in [0.29, 0.717) is 25.4 Å². The molecule has 0 unspecified atom stereocenters. The highest BCUT2D eigenvalue weighted by molar-refractivity contribution is 6.58. The molecule has 2 rings (SSSR count). The lowest BCUT2D eigenvalue weighted by atomic mass is 9.80. The molecule has 2 N–H and O–H groups in total. The normalized spacial score (nSPS) is 10.4. The topological polar surface area (TPSA) is 58.9 Å². The van der Waals surface area contributed by atoms with Crippen LogP contribution in [0, 0.1) is 5.82 Å². The monoisotopic (exact) mass is 304 g/mol. The molecule has 0 fully saturated rings. The van der Waals surface area contributed by atoms with Crippen LogP contribution >= 0.6 is 0 Å². The molecule has 116 valence electrons. The molecule has 0 aliphatic carbocycles. The SMILES string of the molecule is CCOc1ccc(CCOc2ccc(B(O)O)c(F)c2)cc1. The predicted molar refractivity (Wildman–Crippen MR) is 83.0 cm³/mol. The summed E-state index contributed by atoms with van der Waals surface area (Å²) in [4.78, 5) is 0. The van der Waals surface area contributed by atoms with E-state index >= 15 is 0 Å². The van der Waals surface area contributed by atoms with Gasteiger partial charge in [-0.15, -0.1) is 0 Å². The first-order valence-electron chi connectivity index (χ1n) is 7.10. The highest BCUT2D eigenvalue weighted by Gasteiger charge is 2.16. The Morgan fingerprint density at radius 3 is 2.27 bits per heavy atom. The molecule has 0 aromatic heterocycles. The van der Waals surface area contributed by atoms with Gasteiger partial charge in [-0.3, -0.25) is 0 Å². The van der Waals surface area contributed by atoms with Crippen LogP contribution in [0.5, 0.6) is 11.5 Å². The van der Waals surface area contributed by atoms with Crippen LogP contribution in [0.3, 0.4) is 0 Å². The van der Waals surface area contributed by atoms with E-state index in [1.807, 2.05) is 31.2 Å². The van der Waals surface area contributed by atoms with Gasteiger partial charge in [0.2, 0.25) is 0 Å². The van der Waals surface area contributed by atoms with Crippen molar-refractivity contribution in [2.75, 3.05) is 13.2 Å². The summed E-state index contributed by atoms with van der Waals surface area (Å²) in [7, 11) is -1.82. The molecular weight excluding hydrogens is 286 g/mol. The smallest absolute Gasteiger partial charge is 0.491 e. The van der Waals surface area contributed by atoms with E-state index < -0.39 is 12.9 Å². The molecule has 0 amide bonds. The minimum Gasteiger partial charge on any atom is -0.494 e. The molecule has 0 aliphatic heterocycles. The maximum Gasteiger partial charge on any atom is 0.491 e. The van der Waals surface area contributed by atoms with E-state index in [1.165, 1.54) is 12.1 Å². The lowest BCUT2D eigenvalue weighted by Crippen LogP contribution is -2.32. The minimum atomic E-state index is -1.82. The van der Waals surface area contributed by atoms with Crippen LogP contribution in [0.25, 0.3) is 0 Å². The van der Waals surface area contributed by atoms with Crippen molar-refractivity contribution in [3.05, 3.63) is 53.8 Å². The molecule has 2 aromatic carbocycles. The minimum absolute atomic E-state index is 0.168. The summed E-state index contributed by atoms with van der Waals surface area (Å²) in [6.45, 7) is 2.96. The maximum atomic E-state index is 13.6. The largest absolute Gasteiger partial charge is 0.494 e. The number of rotatable bonds is 7. The average Bonchev–Trinajstić information content (AvgIpc) is 2.49. The average molecular weight is 304 g/mol. The second kappa shape index (κ2) is 7.82. The summed E-state index contributed by atoms with van der Waals surface area (Å²) in [5, 5.41) is 17.9. The van der Waals surface area contributed by atoms with Gasteiger partial charge in [0.15, 0.2) is 0 Å². The number of hydrogen-bond acceptors (Lipinski definition) is 4. The van der Waals surface area contributed by atoms with Crippen molar-refractivity contribution in [2.45, 2.75) is 13.3 Å². The third kappa shape index (κ3) is 4.48. The Balaban J connectivity index is 1.87. The first-order chi connectivity index (χ1) is 10.6. The molecule has 0 bridgehead atoms. The Morgan fingerprint density at radius 1 is 1.00 bits per heavy atom. The standard InChI is InChI=1S/C16H18BFO4/c1-2-21-13-5-3-12(4-6-13)9-10-22-14-7-8-15(17(19)20)16(18)11-14/h3-8,11,19-20H,2,9-10H2,1H3. The van der Waals surface area contributed by atoms with Crippen molar-refractivity contribution < 1.29 is 23.9 Å². The second-order valence-electron chi connectivity index (χ2n) is 4.73. The molecule has 4 nitrogen and oxygen atoms in total. The van der Waals surface area contributed by atoms with Gasteiger partial charge in [-0.1, -0.05) is 18.2 Å². The summed E-state index contributed by atoms with van der Waals surface area (Å²) in [5.41, 5.74) is 0.921. The molecule has 0 heterocycles. The van der Waals surface area contributed by atoms with E-state index in [9.17, 15) is 4.39 Å². The molecule has 0 aliphatic rings. The summed E-state index contributed by atoms with van der Waals surface area (Å²) >= 11 is 0. The van der Waals surface area contributed by atoms with Crippen LogP contribution in [0.4, 0.5) is 4.39 Å². The van der Waals surface area contributed by atoms with Gasteiger partial charge in [0.1, 0.15) is 17.3 Å². The fraction of sp³-hybridized carbons (Fsp3) is 0.250. The molecule has 0 saturated heterocycles. The fourth-order valence-corrected chi connectivity index (χ4v) is 2.01.